The van der Waals surface area contributed by atoms with Gasteiger partial charge in [0.05, 0.1) is 5.41 Å². The summed E-state index contributed by atoms with van der Waals surface area (Å²) < 4.78 is 6.14. The zero-order chi connectivity index (χ0) is 34.3. The standard InChI is InChI=1S/C45H62O3/c1-9-30-15-17-32(18-16-30)33-21-23-42(6)36(41(33,4)5)22-24-44(8)37(42)20-19-34-39-38(29(2)3)35(46)27-45(39,26-25-43(34,44)7)40(47)48-28-31-13-11-10-12-14-31/h10-14,17,21,29-30,34,36-37H,9,15-16,18-20,22-28H2,1-8H3/t30?,34-,36+,37-,42+,43-,44-,45-/m1/s1. The molecule has 3 heteroatoms. The van der Waals surface area contributed by atoms with Gasteiger partial charge in [0.2, 0.25) is 0 Å². The molecule has 0 aromatic heterocycles. The lowest BCUT2D eigenvalue weighted by Gasteiger charge is -2.71. The molecule has 0 bridgehead atoms. The third kappa shape index (κ3) is 4.78. The van der Waals surface area contributed by atoms with Crippen LogP contribution in [0.4, 0.5) is 0 Å². The first kappa shape index (κ1) is 34.0. The molecule has 8 atom stereocenters. The highest BCUT2D eigenvalue weighted by Gasteiger charge is 2.70. The molecular formula is C45H62O3. The first-order chi connectivity index (χ1) is 22.7. The van der Waals surface area contributed by atoms with E-state index >= 15 is 0 Å². The Morgan fingerprint density at radius 2 is 1.65 bits per heavy atom. The highest BCUT2D eigenvalue weighted by Crippen LogP contribution is 2.77. The van der Waals surface area contributed by atoms with Crippen molar-refractivity contribution in [2.45, 2.75) is 139 Å². The summed E-state index contributed by atoms with van der Waals surface area (Å²) in [5, 5.41) is 0. The molecule has 3 fully saturated rings. The molecule has 0 N–H and O–H groups in total. The lowest BCUT2D eigenvalue weighted by Crippen LogP contribution is -2.64. The third-order valence-corrected chi connectivity index (χ3v) is 16.1. The molecule has 0 saturated heterocycles. The summed E-state index contributed by atoms with van der Waals surface area (Å²) in [6.07, 6.45) is 18.4. The maximum atomic E-state index is 14.3. The van der Waals surface area contributed by atoms with E-state index in [2.05, 4.69) is 67.5 Å². The van der Waals surface area contributed by atoms with Gasteiger partial charge in [-0.25, -0.2) is 0 Å². The van der Waals surface area contributed by atoms with Crippen LogP contribution in [0.5, 0.6) is 0 Å². The molecule has 1 aromatic rings. The summed E-state index contributed by atoms with van der Waals surface area (Å²) in [6.45, 7) is 20.0. The van der Waals surface area contributed by atoms with Crippen LogP contribution in [0.1, 0.15) is 138 Å². The van der Waals surface area contributed by atoms with E-state index in [9.17, 15) is 9.59 Å². The highest BCUT2D eigenvalue weighted by molar-refractivity contribution is 6.06. The maximum absolute atomic E-state index is 14.3. The normalized spacial score (nSPS) is 40.3. The molecular weight excluding hydrogens is 588 g/mol. The fourth-order valence-electron chi connectivity index (χ4n) is 13.4. The molecule has 6 aliphatic carbocycles. The molecule has 0 radical (unpaired) electrons. The van der Waals surface area contributed by atoms with E-state index in [1.807, 2.05) is 30.3 Å². The molecule has 7 rings (SSSR count). The van der Waals surface area contributed by atoms with Crippen molar-refractivity contribution in [2.75, 3.05) is 0 Å². The van der Waals surface area contributed by atoms with Crippen LogP contribution in [-0.4, -0.2) is 11.8 Å². The van der Waals surface area contributed by atoms with Gasteiger partial charge >= 0.3 is 5.97 Å². The van der Waals surface area contributed by atoms with Crippen molar-refractivity contribution in [3.05, 3.63) is 70.3 Å². The second kappa shape index (κ2) is 11.8. The number of carbonyl (C=O) groups is 2. The van der Waals surface area contributed by atoms with E-state index in [0.29, 0.717) is 18.3 Å². The van der Waals surface area contributed by atoms with Crippen molar-refractivity contribution in [2.24, 2.45) is 56.7 Å². The Morgan fingerprint density at radius 3 is 2.31 bits per heavy atom. The van der Waals surface area contributed by atoms with Gasteiger partial charge in [-0.15, -0.1) is 0 Å². The van der Waals surface area contributed by atoms with Crippen LogP contribution >= 0.6 is 0 Å². The number of ether oxygens (including phenoxy) is 1. The molecule has 3 nitrogen and oxygen atoms in total. The van der Waals surface area contributed by atoms with Crippen molar-refractivity contribution in [3.8, 4) is 0 Å². The van der Waals surface area contributed by atoms with Crippen LogP contribution in [0.2, 0.25) is 0 Å². The number of hydrogen-bond acceptors (Lipinski definition) is 3. The Labute approximate surface area is 291 Å². The second-order valence-electron chi connectivity index (χ2n) is 18.7. The van der Waals surface area contributed by atoms with Crippen molar-refractivity contribution < 1.29 is 14.3 Å². The predicted molar refractivity (Wildman–Crippen MR) is 195 cm³/mol. The number of benzene rings is 1. The summed E-state index contributed by atoms with van der Waals surface area (Å²) >= 11 is 0. The molecule has 0 heterocycles. The van der Waals surface area contributed by atoms with Gasteiger partial charge in [-0.2, -0.15) is 0 Å². The van der Waals surface area contributed by atoms with Crippen molar-refractivity contribution in [1.82, 2.24) is 0 Å². The van der Waals surface area contributed by atoms with Gasteiger partial charge in [0.15, 0.2) is 5.78 Å². The van der Waals surface area contributed by atoms with Gasteiger partial charge in [0.25, 0.3) is 0 Å². The van der Waals surface area contributed by atoms with Gasteiger partial charge in [-0.1, -0.05) is 104 Å². The maximum Gasteiger partial charge on any atom is 0.317 e. The van der Waals surface area contributed by atoms with Gasteiger partial charge in [0, 0.05) is 6.42 Å². The number of allylic oxidation sites excluding steroid dienone is 5. The van der Waals surface area contributed by atoms with E-state index in [1.54, 1.807) is 11.1 Å². The zero-order valence-corrected chi connectivity index (χ0v) is 31.3. The Balaban J connectivity index is 1.22. The second-order valence-corrected chi connectivity index (χ2v) is 18.7. The predicted octanol–water partition coefficient (Wildman–Crippen LogP) is 11.4. The number of esters is 1. The zero-order valence-electron chi connectivity index (χ0n) is 31.3. The lowest BCUT2D eigenvalue weighted by atomic mass is 9.33. The quantitative estimate of drug-likeness (QED) is 0.288. The first-order valence-electron chi connectivity index (χ1n) is 19.6. The summed E-state index contributed by atoms with van der Waals surface area (Å²) in [6, 6.07) is 9.98. The molecule has 3 saturated carbocycles. The minimum atomic E-state index is -0.797. The Morgan fingerprint density at radius 1 is 0.896 bits per heavy atom. The molecule has 6 aliphatic rings. The molecule has 0 amide bonds. The van der Waals surface area contributed by atoms with E-state index < -0.39 is 5.41 Å². The average molecular weight is 651 g/mol. The number of carbonyl (C=O) groups excluding carboxylic acids is 2. The van der Waals surface area contributed by atoms with Crippen LogP contribution in [0, 0.1) is 56.7 Å². The molecule has 1 unspecified atom stereocenters. The van der Waals surface area contributed by atoms with Crippen LogP contribution in [0.3, 0.4) is 0 Å². The number of hydrogen-bond donors (Lipinski definition) is 0. The minimum Gasteiger partial charge on any atom is -0.460 e. The monoisotopic (exact) mass is 650 g/mol. The van der Waals surface area contributed by atoms with E-state index in [4.69, 9.17) is 4.74 Å². The Hall–Kier alpha value is -2.42. The van der Waals surface area contributed by atoms with E-state index in [-0.39, 0.29) is 51.9 Å². The lowest BCUT2D eigenvalue weighted by molar-refractivity contribution is -0.202. The Bertz CT molecular complexity index is 1560. The fourth-order valence-corrected chi connectivity index (χ4v) is 13.4. The van der Waals surface area contributed by atoms with E-state index in [0.717, 1.165) is 36.3 Å². The summed E-state index contributed by atoms with van der Waals surface area (Å²) in [5.74, 6) is 2.55. The van der Waals surface area contributed by atoms with E-state index in [1.165, 1.54) is 56.9 Å². The van der Waals surface area contributed by atoms with Crippen LogP contribution in [0.15, 0.2) is 64.8 Å². The summed E-state index contributed by atoms with van der Waals surface area (Å²) in [7, 11) is 0. The van der Waals surface area contributed by atoms with Gasteiger partial charge < -0.3 is 4.74 Å². The fraction of sp³-hybridized carbons (Fsp3) is 0.689. The van der Waals surface area contributed by atoms with Crippen LogP contribution < -0.4 is 0 Å². The average Bonchev–Trinajstić information content (AvgIpc) is 3.37. The van der Waals surface area contributed by atoms with Crippen molar-refractivity contribution in [1.29, 1.82) is 0 Å². The number of rotatable bonds is 6. The first-order valence-corrected chi connectivity index (χ1v) is 19.6. The number of Topliss-reactive ketones (excluding diaryl/α,β-unsaturated/α-hetero) is 1. The minimum absolute atomic E-state index is 0.0440. The smallest absolute Gasteiger partial charge is 0.317 e. The van der Waals surface area contributed by atoms with Gasteiger partial charge in [0.1, 0.15) is 6.61 Å². The molecule has 260 valence electrons. The number of fused-ring (bicyclic) bond motifs is 7. The largest absolute Gasteiger partial charge is 0.460 e. The van der Waals surface area contributed by atoms with Gasteiger partial charge in [-0.05, 0) is 143 Å². The summed E-state index contributed by atoms with van der Waals surface area (Å²) in [5.41, 5.74) is 6.29. The molecule has 0 spiro atoms. The highest BCUT2D eigenvalue weighted by atomic mass is 16.5. The molecule has 48 heavy (non-hydrogen) atoms. The third-order valence-electron chi connectivity index (χ3n) is 16.1. The topological polar surface area (TPSA) is 43.4 Å². The molecule has 1 aromatic carbocycles. The van der Waals surface area contributed by atoms with Crippen LogP contribution in [0.25, 0.3) is 0 Å². The Kier molecular flexibility index (Phi) is 8.40. The SMILES string of the molecule is CCC1CC=C(C2=CC[C@]3(C)[C@H]4CC[C@@H]5C6=C(C(C)C)C(=O)C[C@]6(C(=O)OCc6ccccc6)CC[C@@]5(C)[C@]4(C)CC[C@H]3C2(C)C)CC1. The van der Waals surface area contributed by atoms with Crippen molar-refractivity contribution >= 4 is 11.8 Å². The molecule has 0 aliphatic heterocycles. The van der Waals surface area contributed by atoms with Crippen LogP contribution in [-0.2, 0) is 20.9 Å². The van der Waals surface area contributed by atoms with Gasteiger partial charge in [-0.3, -0.25) is 9.59 Å². The van der Waals surface area contributed by atoms with Crippen molar-refractivity contribution in [3.63, 3.8) is 0 Å². The summed E-state index contributed by atoms with van der Waals surface area (Å²) in [4.78, 5) is 28.3. The number of ketones is 1.